The minimum atomic E-state index is -0.682. The molecule has 4 heteroatoms. The van der Waals surface area contributed by atoms with E-state index in [4.69, 9.17) is 9.84 Å². The maximum Gasteiger partial charge on any atom is 0.306 e. The lowest BCUT2D eigenvalue weighted by Crippen LogP contribution is -2.18. The smallest absolute Gasteiger partial charge is 0.306 e. The van der Waals surface area contributed by atoms with E-state index in [0.717, 1.165) is 51.4 Å². The Bertz CT molecular complexity index is 648. The first kappa shape index (κ1) is 46.9. The van der Waals surface area contributed by atoms with Crippen molar-refractivity contribution in [3.63, 3.8) is 0 Å². The lowest BCUT2D eigenvalue weighted by Gasteiger charge is -2.18. The Morgan fingerprint density at radius 1 is 0.375 bits per heavy atom. The zero-order chi connectivity index (χ0) is 35.0. The Labute approximate surface area is 301 Å². The van der Waals surface area contributed by atoms with Crippen molar-refractivity contribution in [2.75, 3.05) is 0 Å². The lowest BCUT2D eigenvalue weighted by atomic mass is 10.0. The average Bonchev–Trinajstić information content (AvgIpc) is 3.07. The van der Waals surface area contributed by atoms with Gasteiger partial charge in [0.15, 0.2) is 0 Å². The maximum absolute atomic E-state index is 12.7. The van der Waals surface area contributed by atoms with Crippen LogP contribution in [0.25, 0.3) is 0 Å². The topological polar surface area (TPSA) is 63.6 Å². The molecule has 0 rings (SSSR count). The Balaban J connectivity index is 3.97. The fraction of sp³-hybridized carbons (Fsp3) is 0.955. The SMILES string of the molecule is CCCCCCCCCCCCCCCCCCCC(=O)OC(CCCCCCCCCCCCC)CCCCCCCCCC(=O)O. The summed E-state index contributed by atoms with van der Waals surface area (Å²) in [5, 5.41) is 8.78. The molecule has 4 nitrogen and oxygen atoms in total. The third-order valence-corrected chi connectivity index (χ3v) is 10.3. The van der Waals surface area contributed by atoms with Crippen LogP contribution in [0.4, 0.5) is 0 Å². The van der Waals surface area contributed by atoms with Gasteiger partial charge in [-0.15, -0.1) is 0 Å². The van der Waals surface area contributed by atoms with Crippen LogP contribution in [0.3, 0.4) is 0 Å². The van der Waals surface area contributed by atoms with E-state index in [9.17, 15) is 9.59 Å². The summed E-state index contributed by atoms with van der Waals surface area (Å²) < 4.78 is 6.06. The second-order valence-corrected chi connectivity index (χ2v) is 15.3. The van der Waals surface area contributed by atoms with Gasteiger partial charge in [0.05, 0.1) is 0 Å². The van der Waals surface area contributed by atoms with E-state index in [1.54, 1.807) is 0 Å². The molecule has 0 aromatic heterocycles. The maximum atomic E-state index is 12.7. The van der Waals surface area contributed by atoms with Crippen molar-refractivity contribution < 1.29 is 19.4 Å². The number of hydrogen-bond acceptors (Lipinski definition) is 3. The summed E-state index contributed by atoms with van der Waals surface area (Å²) in [6, 6.07) is 0. The predicted octanol–water partition coefficient (Wildman–Crippen LogP) is 15.2. The monoisotopic (exact) mass is 679 g/mol. The molecule has 0 aliphatic rings. The average molecular weight is 679 g/mol. The van der Waals surface area contributed by atoms with Crippen molar-refractivity contribution in [1.29, 1.82) is 0 Å². The van der Waals surface area contributed by atoms with Crippen LogP contribution in [-0.2, 0) is 14.3 Å². The van der Waals surface area contributed by atoms with Gasteiger partial charge < -0.3 is 9.84 Å². The van der Waals surface area contributed by atoms with Gasteiger partial charge in [0.2, 0.25) is 0 Å². The molecule has 1 atom stereocenters. The second kappa shape index (κ2) is 40.4. The number of carboxylic acid groups (broad SMARTS) is 1. The first-order valence-corrected chi connectivity index (χ1v) is 22.0. The Kier molecular flexibility index (Phi) is 39.5. The van der Waals surface area contributed by atoms with Gasteiger partial charge in [-0.25, -0.2) is 0 Å². The van der Waals surface area contributed by atoms with E-state index in [1.165, 1.54) is 186 Å². The van der Waals surface area contributed by atoms with Crippen LogP contribution in [0.15, 0.2) is 0 Å². The largest absolute Gasteiger partial charge is 0.481 e. The molecule has 286 valence electrons. The molecule has 0 spiro atoms. The normalized spacial score (nSPS) is 12.0. The van der Waals surface area contributed by atoms with E-state index >= 15 is 0 Å². The molecule has 0 saturated heterocycles. The highest BCUT2D eigenvalue weighted by atomic mass is 16.5. The number of hydrogen-bond donors (Lipinski definition) is 1. The lowest BCUT2D eigenvalue weighted by molar-refractivity contribution is -0.150. The molecule has 0 saturated carbocycles. The number of esters is 1. The van der Waals surface area contributed by atoms with E-state index < -0.39 is 5.97 Å². The molecule has 0 aliphatic carbocycles. The summed E-state index contributed by atoms with van der Waals surface area (Å²) in [6.45, 7) is 4.57. The van der Waals surface area contributed by atoms with Crippen LogP contribution < -0.4 is 0 Å². The van der Waals surface area contributed by atoms with E-state index in [2.05, 4.69) is 13.8 Å². The molecule has 0 fully saturated rings. The summed E-state index contributed by atoms with van der Waals surface area (Å²) in [5.74, 6) is -0.652. The number of ether oxygens (including phenoxy) is 1. The van der Waals surface area contributed by atoms with E-state index in [1.807, 2.05) is 0 Å². The predicted molar refractivity (Wildman–Crippen MR) is 209 cm³/mol. The number of unbranched alkanes of at least 4 members (excludes halogenated alkanes) is 32. The summed E-state index contributed by atoms with van der Waals surface area (Å²) in [7, 11) is 0. The molecule has 0 aromatic carbocycles. The van der Waals surface area contributed by atoms with E-state index in [-0.39, 0.29) is 12.1 Å². The van der Waals surface area contributed by atoms with Crippen LogP contribution in [-0.4, -0.2) is 23.1 Å². The van der Waals surface area contributed by atoms with Crippen molar-refractivity contribution >= 4 is 11.9 Å². The van der Waals surface area contributed by atoms with Gasteiger partial charge >= 0.3 is 11.9 Å². The van der Waals surface area contributed by atoms with Crippen LogP contribution in [0, 0.1) is 0 Å². The molecular formula is C44H86O4. The zero-order valence-corrected chi connectivity index (χ0v) is 32.8. The van der Waals surface area contributed by atoms with Crippen molar-refractivity contribution in [2.24, 2.45) is 0 Å². The van der Waals surface area contributed by atoms with Crippen LogP contribution in [0.2, 0.25) is 0 Å². The summed E-state index contributed by atoms with van der Waals surface area (Å²) in [5.41, 5.74) is 0. The third-order valence-electron chi connectivity index (χ3n) is 10.3. The van der Waals surface area contributed by atoms with Gasteiger partial charge in [-0.1, -0.05) is 213 Å². The van der Waals surface area contributed by atoms with Crippen molar-refractivity contribution in [3.8, 4) is 0 Å². The third kappa shape index (κ3) is 39.4. The molecule has 1 unspecified atom stereocenters. The standard InChI is InChI=1S/C44H86O4/c1-3-5-7-9-11-13-15-16-17-18-19-20-22-24-29-33-37-41-44(47)48-42(39-35-31-27-25-28-32-36-40-43(45)46)38-34-30-26-23-21-14-12-10-8-6-4-2/h42H,3-41H2,1-2H3,(H,45,46). The summed E-state index contributed by atoms with van der Waals surface area (Å²) in [4.78, 5) is 23.4. The van der Waals surface area contributed by atoms with Gasteiger partial charge in [0.25, 0.3) is 0 Å². The highest BCUT2D eigenvalue weighted by molar-refractivity contribution is 5.69. The Hall–Kier alpha value is -1.06. The van der Waals surface area contributed by atoms with Crippen LogP contribution in [0.1, 0.15) is 264 Å². The molecule has 0 amide bonds. The number of rotatable bonds is 41. The van der Waals surface area contributed by atoms with Gasteiger partial charge in [-0.3, -0.25) is 9.59 Å². The molecule has 0 aromatic rings. The van der Waals surface area contributed by atoms with Crippen LogP contribution in [0.5, 0.6) is 0 Å². The molecule has 0 bridgehead atoms. The van der Waals surface area contributed by atoms with Crippen molar-refractivity contribution in [1.82, 2.24) is 0 Å². The second-order valence-electron chi connectivity index (χ2n) is 15.3. The number of carbonyl (C=O) groups is 2. The number of aliphatic carboxylic acids is 1. The Morgan fingerprint density at radius 2 is 0.625 bits per heavy atom. The fourth-order valence-electron chi connectivity index (χ4n) is 7.07. The molecule has 0 radical (unpaired) electrons. The first-order chi connectivity index (χ1) is 23.6. The molecule has 0 heterocycles. The summed E-state index contributed by atoms with van der Waals surface area (Å²) in [6.07, 6.45) is 48.5. The van der Waals surface area contributed by atoms with Gasteiger partial charge in [0, 0.05) is 12.8 Å². The molecular weight excluding hydrogens is 592 g/mol. The van der Waals surface area contributed by atoms with Gasteiger partial charge in [-0.2, -0.15) is 0 Å². The molecule has 1 N–H and O–H groups in total. The first-order valence-electron chi connectivity index (χ1n) is 22.0. The minimum absolute atomic E-state index is 0.0301. The van der Waals surface area contributed by atoms with Gasteiger partial charge in [0.1, 0.15) is 6.10 Å². The molecule has 48 heavy (non-hydrogen) atoms. The highest BCUT2D eigenvalue weighted by Crippen LogP contribution is 2.20. The van der Waals surface area contributed by atoms with E-state index in [0.29, 0.717) is 12.8 Å². The number of carboxylic acids is 1. The van der Waals surface area contributed by atoms with Crippen LogP contribution >= 0.6 is 0 Å². The highest BCUT2D eigenvalue weighted by Gasteiger charge is 2.14. The fourth-order valence-corrected chi connectivity index (χ4v) is 7.07. The quantitative estimate of drug-likeness (QED) is 0.0516. The van der Waals surface area contributed by atoms with Crippen molar-refractivity contribution in [2.45, 2.75) is 270 Å². The Morgan fingerprint density at radius 3 is 0.917 bits per heavy atom. The number of carbonyl (C=O) groups excluding carboxylic acids is 1. The molecule has 0 aliphatic heterocycles. The zero-order valence-electron chi connectivity index (χ0n) is 32.8. The van der Waals surface area contributed by atoms with Gasteiger partial charge in [-0.05, 0) is 38.5 Å². The van der Waals surface area contributed by atoms with Crippen molar-refractivity contribution in [3.05, 3.63) is 0 Å². The summed E-state index contributed by atoms with van der Waals surface area (Å²) >= 11 is 0. The minimum Gasteiger partial charge on any atom is -0.481 e.